The molecule has 8 unspecified atom stereocenters. The van der Waals surface area contributed by atoms with E-state index in [1.54, 1.807) is 6.08 Å². The molecule has 1 aliphatic rings. The van der Waals surface area contributed by atoms with Crippen LogP contribution in [-0.4, -0.2) is 99.6 Å². The molecule has 0 bridgehead atoms. The molecule has 0 aromatic heterocycles. The Kier molecular flexibility index (Phi) is 49.9. The van der Waals surface area contributed by atoms with Gasteiger partial charge in [-0.1, -0.05) is 241 Å². The van der Waals surface area contributed by atoms with Crippen molar-refractivity contribution in [3.05, 3.63) is 85.1 Å². The maximum Gasteiger partial charge on any atom is 0.306 e. The number of unbranched alkanes of at least 4 members (excludes halogenated alkanes) is 26. The van der Waals surface area contributed by atoms with Crippen LogP contribution in [0.1, 0.15) is 258 Å². The second-order valence-electron chi connectivity index (χ2n) is 21.4. The lowest BCUT2D eigenvalue weighted by molar-refractivity contribution is -0.305. The van der Waals surface area contributed by atoms with Crippen LogP contribution in [0.5, 0.6) is 0 Å². The summed E-state index contributed by atoms with van der Waals surface area (Å²) in [5.41, 5.74) is 0. The minimum absolute atomic E-state index is 0.105. The van der Waals surface area contributed by atoms with E-state index in [-0.39, 0.29) is 19.4 Å². The van der Waals surface area contributed by atoms with Crippen LogP contribution in [0.3, 0.4) is 0 Å². The summed E-state index contributed by atoms with van der Waals surface area (Å²) in [5.74, 6) is -1.22. The Bertz CT molecular complexity index is 1570. The number of nitrogens with one attached hydrogen (secondary N) is 1. The summed E-state index contributed by atoms with van der Waals surface area (Å²) in [6, 6.07) is -1.04. The lowest BCUT2D eigenvalue weighted by Gasteiger charge is -2.41. The van der Waals surface area contributed by atoms with Gasteiger partial charge in [-0.15, -0.1) is 0 Å². The monoisotopic (exact) mass is 1080 g/mol. The van der Waals surface area contributed by atoms with Gasteiger partial charge in [0.15, 0.2) is 12.4 Å². The van der Waals surface area contributed by atoms with Gasteiger partial charge in [0, 0.05) is 6.42 Å². The number of aliphatic hydroxyl groups is 5. The van der Waals surface area contributed by atoms with E-state index in [0.29, 0.717) is 12.8 Å². The fraction of sp³-hybridized carbons (Fsp3) is 0.758. The van der Waals surface area contributed by atoms with Crippen molar-refractivity contribution in [2.45, 2.75) is 307 Å². The zero-order chi connectivity index (χ0) is 56.1. The highest BCUT2D eigenvalue weighted by molar-refractivity contribution is 5.80. The first-order valence-corrected chi connectivity index (χ1v) is 31.4. The van der Waals surface area contributed by atoms with Crippen LogP contribution >= 0.6 is 0 Å². The van der Waals surface area contributed by atoms with Gasteiger partial charge < -0.3 is 45.1 Å². The van der Waals surface area contributed by atoms with Crippen LogP contribution in [0.25, 0.3) is 0 Å². The molecule has 1 aliphatic heterocycles. The Morgan fingerprint density at radius 3 is 1.42 bits per heavy atom. The Balaban J connectivity index is 2.66. The first-order valence-electron chi connectivity index (χ1n) is 31.4. The molecule has 0 radical (unpaired) electrons. The molecule has 11 heteroatoms. The molecule has 1 saturated heterocycles. The van der Waals surface area contributed by atoms with Gasteiger partial charge in [-0.2, -0.15) is 0 Å². The topological polar surface area (TPSA) is 175 Å². The molecule has 1 fully saturated rings. The summed E-state index contributed by atoms with van der Waals surface area (Å²) in [5, 5.41) is 56.9. The fourth-order valence-electron chi connectivity index (χ4n) is 9.32. The number of amides is 1. The van der Waals surface area contributed by atoms with Gasteiger partial charge in [0.1, 0.15) is 24.4 Å². The molecule has 0 aromatic carbocycles. The minimum atomic E-state index is -1.62. The van der Waals surface area contributed by atoms with Gasteiger partial charge in [0.05, 0.1) is 25.4 Å². The summed E-state index contributed by atoms with van der Waals surface area (Å²) in [4.78, 5) is 26.5. The smallest absolute Gasteiger partial charge is 0.306 e. The summed E-state index contributed by atoms with van der Waals surface area (Å²) in [6.07, 6.45) is 59.1. The zero-order valence-corrected chi connectivity index (χ0v) is 49.1. The van der Waals surface area contributed by atoms with Gasteiger partial charge in [-0.3, -0.25) is 9.59 Å². The molecule has 1 rings (SSSR count). The number of carbonyl (C=O) groups is 2. The SMILES string of the molecule is CC/C=C\C/C=C\C/C=C\C/C=C\C/C=C\CCCCCCCCCC(=O)OC1C(OCC(NC(=O)C(O)CCCC/C=C\CCCCCCCCC)C(O)/C=C/CCCCCCCCCCCC)OC(CO)C(O)C1O. The average molecular weight is 1080 g/mol. The van der Waals surface area contributed by atoms with Gasteiger partial charge in [-0.05, 0) is 96.3 Å². The van der Waals surface area contributed by atoms with Crippen molar-refractivity contribution in [1.29, 1.82) is 0 Å². The second kappa shape index (κ2) is 53.5. The Labute approximate surface area is 470 Å². The predicted molar refractivity (Wildman–Crippen MR) is 319 cm³/mol. The minimum Gasteiger partial charge on any atom is -0.454 e. The van der Waals surface area contributed by atoms with Gasteiger partial charge in [0.2, 0.25) is 5.91 Å². The number of ether oxygens (including phenoxy) is 3. The first-order chi connectivity index (χ1) is 37.7. The highest BCUT2D eigenvalue weighted by Gasteiger charge is 2.47. The molecule has 1 heterocycles. The van der Waals surface area contributed by atoms with Crippen LogP contribution in [-0.2, 0) is 23.8 Å². The molecular formula is C66H115NO10. The molecule has 8 atom stereocenters. The highest BCUT2D eigenvalue weighted by Crippen LogP contribution is 2.26. The zero-order valence-electron chi connectivity index (χ0n) is 49.1. The predicted octanol–water partition coefficient (Wildman–Crippen LogP) is 14.9. The number of esters is 1. The third-order valence-electron chi connectivity index (χ3n) is 14.3. The van der Waals surface area contributed by atoms with E-state index in [2.05, 4.69) is 99.0 Å². The molecule has 0 saturated carbocycles. The van der Waals surface area contributed by atoms with E-state index in [1.165, 1.54) is 96.3 Å². The van der Waals surface area contributed by atoms with E-state index >= 15 is 0 Å². The Morgan fingerprint density at radius 1 is 0.519 bits per heavy atom. The number of carbonyl (C=O) groups excluding carboxylic acids is 2. The van der Waals surface area contributed by atoms with E-state index in [4.69, 9.17) is 14.2 Å². The molecule has 444 valence electrons. The highest BCUT2D eigenvalue weighted by atomic mass is 16.7. The molecule has 77 heavy (non-hydrogen) atoms. The molecule has 1 amide bonds. The van der Waals surface area contributed by atoms with Crippen molar-refractivity contribution in [2.75, 3.05) is 13.2 Å². The average Bonchev–Trinajstić information content (AvgIpc) is 3.43. The van der Waals surface area contributed by atoms with Gasteiger partial charge in [0.25, 0.3) is 0 Å². The third-order valence-corrected chi connectivity index (χ3v) is 14.3. The van der Waals surface area contributed by atoms with Gasteiger partial charge in [-0.25, -0.2) is 0 Å². The lowest BCUT2D eigenvalue weighted by Crippen LogP contribution is -2.61. The molecule has 6 N–H and O–H groups in total. The third kappa shape index (κ3) is 41.5. The van der Waals surface area contributed by atoms with Crippen molar-refractivity contribution in [2.24, 2.45) is 0 Å². The van der Waals surface area contributed by atoms with Crippen LogP contribution < -0.4 is 5.32 Å². The van der Waals surface area contributed by atoms with Crippen molar-refractivity contribution in [3.8, 4) is 0 Å². The molecule has 11 nitrogen and oxygen atoms in total. The van der Waals surface area contributed by atoms with Crippen molar-refractivity contribution in [1.82, 2.24) is 5.32 Å². The Morgan fingerprint density at radius 2 is 0.935 bits per heavy atom. The summed E-state index contributed by atoms with van der Waals surface area (Å²) in [7, 11) is 0. The van der Waals surface area contributed by atoms with Crippen LogP contribution in [0.4, 0.5) is 0 Å². The van der Waals surface area contributed by atoms with E-state index in [1.807, 2.05) is 6.08 Å². The van der Waals surface area contributed by atoms with Crippen LogP contribution in [0, 0.1) is 0 Å². The number of allylic oxidation sites excluding steroid dienone is 13. The van der Waals surface area contributed by atoms with E-state index < -0.39 is 67.4 Å². The quantitative estimate of drug-likeness (QED) is 0.0195. The molecule has 0 spiro atoms. The number of hydrogen-bond donors (Lipinski definition) is 6. The lowest BCUT2D eigenvalue weighted by atomic mass is 9.99. The summed E-state index contributed by atoms with van der Waals surface area (Å²) in [6.45, 7) is 5.65. The van der Waals surface area contributed by atoms with Crippen molar-refractivity contribution >= 4 is 11.9 Å². The fourth-order valence-corrected chi connectivity index (χ4v) is 9.32. The summed E-state index contributed by atoms with van der Waals surface area (Å²) < 4.78 is 17.6. The maximum atomic E-state index is 13.4. The van der Waals surface area contributed by atoms with Gasteiger partial charge >= 0.3 is 5.97 Å². The standard InChI is InChI=1S/C66H115NO10/c1-4-7-10-13-16-19-22-25-26-27-28-29-30-31-32-33-34-36-39-42-45-48-51-54-61(71)77-64-63(73)62(72)60(55-68)76-66(64)75-56-57(58(69)52-49-46-43-40-37-24-21-18-15-12-9-6-3)67-65(74)59(70)53-50-47-44-41-38-35-23-20-17-14-11-8-5-2/h7,10,16,19,25-26,28-29,31-32,38,41,49,52,57-60,62-64,66,68-70,72-73H,4-6,8-9,11-15,17-18,20-24,27,30,33-37,39-40,42-48,50-51,53-56H2,1-3H3,(H,67,74)/b10-7-,19-16-,26-25-,29-28-,32-31-,41-38-,52-49+. The molecule has 0 aromatic rings. The number of rotatable bonds is 52. The normalized spacial score (nSPS) is 19.6. The van der Waals surface area contributed by atoms with E-state index in [9.17, 15) is 35.1 Å². The Hall–Kier alpha value is -3.16. The maximum absolute atomic E-state index is 13.4. The first kappa shape index (κ1) is 71.9. The van der Waals surface area contributed by atoms with Crippen molar-refractivity contribution < 1.29 is 49.3 Å². The van der Waals surface area contributed by atoms with Crippen LogP contribution in [0.2, 0.25) is 0 Å². The summed E-state index contributed by atoms with van der Waals surface area (Å²) >= 11 is 0. The molecular weight excluding hydrogens is 967 g/mol. The number of hydrogen-bond acceptors (Lipinski definition) is 10. The van der Waals surface area contributed by atoms with Crippen molar-refractivity contribution in [3.63, 3.8) is 0 Å². The van der Waals surface area contributed by atoms with Crippen LogP contribution in [0.15, 0.2) is 85.1 Å². The largest absolute Gasteiger partial charge is 0.454 e. The van der Waals surface area contributed by atoms with E-state index in [0.717, 1.165) is 116 Å². The molecule has 0 aliphatic carbocycles. The number of aliphatic hydroxyl groups excluding tert-OH is 5. The second-order valence-corrected chi connectivity index (χ2v) is 21.4.